The second kappa shape index (κ2) is 6.42. The van der Waals surface area contributed by atoms with Gasteiger partial charge < -0.3 is 5.11 Å². The summed E-state index contributed by atoms with van der Waals surface area (Å²) >= 11 is 0. The average molecular weight is 348 g/mol. The summed E-state index contributed by atoms with van der Waals surface area (Å²) in [5, 5.41) is 15.1. The standard InChI is InChI=1S/C21H16OS2/c1-14-10-11-15-6-2-4-8-17(15)20(14)23-24-21-18-9-5-3-7-16(18)12-13-19(21)22/h2-13,22H,1H3. The van der Waals surface area contributed by atoms with Crippen LogP contribution in [0.1, 0.15) is 5.56 Å². The Hall–Kier alpha value is -2.10. The number of aryl methyl sites for hydroxylation is 1. The molecule has 4 aromatic rings. The van der Waals surface area contributed by atoms with Crippen molar-refractivity contribution in [2.24, 2.45) is 0 Å². The Balaban J connectivity index is 1.77. The van der Waals surface area contributed by atoms with Gasteiger partial charge in [-0.3, -0.25) is 0 Å². The van der Waals surface area contributed by atoms with Gasteiger partial charge >= 0.3 is 0 Å². The highest BCUT2D eigenvalue weighted by Gasteiger charge is 2.11. The van der Waals surface area contributed by atoms with Crippen LogP contribution in [0.2, 0.25) is 0 Å². The molecule has 24 heavy (non-hydrogen) atoms. The van der Waals surface area contributed by atoms with E-state index >= 15 is 0 Å². The molecule has 0 atom stereocenters. The van der Waals surface area contributed by atoms with Crippen molar-refractivity contribution in [2.75, 3.05) is 0 Å². The lowest BCUT2D eigenvalue weighted by Crippen LogP contribution is -1.82. The molecule has 1 N–H and O–H groups in total. The molecule has 118 valence electrons. The summed E-state index contributed by atoms with van der Waals surface area (Å²) in [6.45, 7) is 2.14. The molecule has 3 heteroatoms. The Labute approximate surface area is 149 Å². The zero-order valence-corrected chi connectivity index (χ0v) is 14.8. The number of phenolic OH excluding ortho intramolecular Hbond substituents is 1. The normalized spacial score (nSPS) is 11.2. The largest absolute Gasteiger partial charge is 0.507 e. The number of aromatic hydroxyl groups is 1. The first-order chi connectivity index (χ1) is 11.7. The van der Waals surface area contributed by atoms with Crippen molar-refractivity contribution in [1.82, 2.24) is 0 Å². The van der Waals surface area contributed by atoms with E-state index in [1.807, 2.05) is 18.2 Å². The fourth-order valence-corrected chi connectivity index (χ4v) is 5.63. The summed E-state index contributed by atoms with van der Waals surface area (Å²) in [4.78, 5) is 2.18. The first kappa shape index (κ1) is 15.4. The lowest BCUT2D eigenvalue weighted by Gasteiger charge is -2.11. The van der Waals surface area contributed by atoms with Gasteiger partial charge in [0.05, 0.1) is 4.90 Å². The summed E-state index contributed by atoms with van der Waals surface area (Å²) < 4.78 is 0. The molecule has 0 fully saturated rings. The third-order valence-electron chi connectivity index (χ3n) is 4.14. The smallest absolute Gasteiger partial charge is 0.130 e. The van der Waals surface area contributed by atoms with Crippen molar-refractivity contribution in [3.63, 3.8) is 0 Å². The molecule has 0 aliphatic carbocycles. The molecule has 0 aliphatic heterocycles. The van der Waals surface area contributed by atoms with E-state index in [-0.39, 0.29) is 0 Å². The van der Waals surface area contributed by atoms with E-state index in [1.54, 1.807) is 27.7 Å². The Morgan fingerprint density at radius 3 is 1.88 bits per heavy atom. The maximum absolute atomic E-state index is 10.3. The summed E-state index contributed by atoms with van der Waals surface area (Å²) in [5.74, 6) is 0.337. The van der Waals surface area contributed by atoms with Crippen LogP contribution < -0.4 is 0 Å². The highest BCUT2D eigenvalue weighted by molar-refractivity contribution is 8.76. The molecular formula is C21H16OS2. The predicted octanol–water partition coefficient (Wildman–Crippen LogP) is 6.81. The maximum Gasteiger partial charge on any atom is 0.130 e. The Morgan fingerprint density at radius 2 is 1.17 bits per heavy atom. The predicted molar refractivity (Wildman–Crippen MR) is 106 cm³/mol. The monoisotopic (exact) mass is 348 g/mol. The van der Waals surface area contributed by atoms with E-state index in [4.69, 9.17) is 0 Å². The molecule has 0 unspecified atom stereocenters. The van der Waals surface area contributed by atoms with E-state index in [2.05, 4.69) is 55.5 Å². The van der Waals surface area contributed by atoms with Crippen molar-refractivity contribution in [3.8, 4) is 5.75 Å². The van der Waals surface area contributed by atoms with E-state index in [0.717, 1.165) is 15.7 Å². The zero-order valence-electron chi connectivity index (χ0n) is 13.2. The maximum atomic E-state index is 10.3. The summed E-state index contributed by atoms with van der Waals surface area (Å²) in [6.07, 6.45) is 0. The third kappa shape index (κ3) is 2.74. The fraction of sp³-hybridized carbons (Fsp3) is 0.0476. The first-order valence-corrected chi connectivity index (χ1v) is 9.92. The average Bonchev–Trinajstić information content (AvgIpc) is 2.62. The van der Waals surface area contributed by atoms with Gasteiger partial charge in [0.1, 0.15) is 5.75 Å². The van der Waals surface area contributed by atoms with Gasteiger partial charge in [0.25, 0.3) is 0 Å². The van der Waals surface area contributed by atoms with Crippen LogP contribution in [0.3, 0.4) is 0 Å². The van der Waals surface area contributed by atoms with Crippen molar-refractivity contribution in [2.45, 2.75) is 16.7 Å². The van der Waals surface area contributed by atoms with Gasteiger partial charge in [-0.15, -0.1) is 0 Å². The third-order valence-corrected chi connectivity index (χ3v) is 6.78. The second-order valence-corrected chi connectivity index (χ2v) is 7.88. The van der Waals surface area contributed by atoms with Gasteiger partial charge in [-0.2, -0.15) is 0 Å². The van der Waals surface area contributed by atoms with Gasteiger partial charge in [-0.1, -0.05) is 77.5 Å². The van der Waals surface area contributed by atoms with Crippen LogP contribution in [0, 0.1) is 6.92 Å². The van der Waals surface area contributed by atoms with Crippen molar-refractivity contribution < 1.29 is 5.11 Å². The van der Waals surface area contributed by atoms with Crippen LogP contribution in [-0.4, -0.2) is 5.11 Å². The van der Waals surface area contributed by atoms with Crippen molar-refractivity contribution in [3.05, 3.63) is 78.4 Å². The molecule has 0 aromatic heterocycles. The number of rotatable bonds is 3. The Morgan fingerprint density at radius 1 is 0.625 bits per heavy atom. The molecule has 0 heterocycles. The van der Waals surface area contributed by atoms with Gasteiger partial charge in [0, 0.05) is 4.90 Å². The molecule has 0 saturated heterocycles. The summed E-state index contributed by atoms with van der Waals surface area (Å²) in [6, 6.07) is 24.7. The molecule has 0 spiro atoms. The van der Waals surface area contributed by atoms with E-state index in [9.17, 15) is 5.11 Å². The summed E-state index contributed by atoms with van der Waals surface area (Å²) in [5.41, 5.74) is 1.26. The second-order valence-electron chi connectivity index (χ2n) is 5.73. The van der Waals surface area contributed by atoms with Crippen LogP contribution in [0.25, 0.3) is 21.5 Å². The van der Waals surface area contributed by atoms with Crippen molar-refractivity contribution in [1.29, 1.82) is 0 Å². The molecule has 4 aromatic carbocycles. The van der Waals surface area contributed by atoms with Gasteiger partial charge in [0.15, 0.2) is 0 Å². The van der Waals surface area contributed by atoms with Gasteiger partial charge in [-0.25, -0.2) is 0 Å². The Kier molecular flexibility index (Phi) is 4.13. The van der Waals surface area contributed by atoms with E-state index in [0.29, 0.717) is 5.75 Å². The number of fused-ring (bicyclic) bond motifs is 2. The molecule has 1 nitrogen and oxygen atoms in total. The lowest BCUT2D eigenvalue weighted by atomic mass is 10.1. The lowest BCUT2D eigenvalue weighted by molar-refractivity contribution is 0.464. The number of benzene rings is 4. The summed E-state index contributed by atoms with van der Waals surface area (Å²) in [7, 11) is 3.34. The highest BCUT2D eigenvalue weighted by Crippen LogP contribution is 2.47. The number of phenols is 1. The van der Waals surface area contributed by atoms with Crippen LogP contribution in [0.15, 0.2) is 82.6 Å². The topological polar surface area (TPSA) is 20.2 Å². The molecule has 0 saturated carbocycles. The molecule has 0 aliphatic rings. The fourth-order valence-electron chi connectivity index (χ4n) is 2.87. The van der Waals surface area contributed by atoms with Crippen LogP contribution in [-0.2, 0) is 0 Å². The minimum Gasteiger partial charge on any atom is -0.507 e. The Bertz CT molecular complexity index is 955. The number of hydrogen-bond acceptors (Lipinski definition) is 3. The molecule has 4 rings (SSSR count). The van der Waals surface area contributed by atoms with Crippen LogP contribution in [0.4, 0.5) is 0 Å². The van der Waals surface area contributed by atoms with Crippen LogP contribution >= 0.6 is 21.6 Å². The van der Waals surface area contributed by atoms with E-state index < -0.39 is 0 Å². The molecule has 0 radical (unpaired) electrons. The number of hydrogen-bond donors (Lipinski definition) is 1. The van der Waals surface area contributed by atoms with E-state index in [1.165, 1.54) is 21.2 Å². The van der Waals surface area contributed by atoms with Gasteiger partial charge in [0.2, 0.25) is 0 Å². The van der Waals surface area contributed by atoms with Gasteiger partial charge in [-0.05, 0) is 50.9 Å². The zero-order chi connectivity index (χ0) is 16.5. The molecular weight excluding hydrogens is 332 g/mol. The molecule has 0 amide bonds. The van der Waals surface area contributed by atoms with Crippen LogP contribution in [0.5, 0.6) is 5.75 Å². The first-order valence-electron chi connectivity index (χ1n) is 7.77. The van der Waals surface area contributed by atoms with Crippen molar-refractivity contribution >= 4 is 43.1 Å². The molecule has 0 bridgehead atoms. The SMILES string of the molecule is Cc1ccc2ccccc2c1SSc1c(O)ccc2ccccc12. The highest BCUT2D eigenvalue weighted by atomic mass is 33.1. The quantitative estimate of drug-likeness (QED) is 0.411. The minimum atomic E-state index is 0.337. The minimum absolute atomic E-state index is 0.337.